The number of hydrogen-bond donors (Lipinski definition) is 1. The number of hydrogen-bond acceptors (Lipinski definition) is 5. The van der Waals surface area contributed by atoms with Crippen LogP contribution in [0.25, 0.3) is 0 Å². The zero-order valence-electron chi connectivity index (χ0n) is 20.9. The third kappa shape index (κ3) is 4.30. The fourth-order valence-electron chi connectivity index (χ4n) is 7.74. The first kappa shape index (κ1) is 26.2. The number of alkyl halides is 3. The average Bonchev–Trinajstić information content (AvgIpc) is 2.86. The van der Waals surface area contributed by atoms with Crippen LogP contribution in [0.3, 0.4) is 0 Å². The Labute approximate surface area is 223 Å². The van der Waals surface area contributed by atoms with Crippen LogP contribution in [0.1, 0.15) is 54.4 Å². The zero-order valence-corrected chi connectivity index (χ0v) is 21.7. The molecule has 206 valence electrons. The van der Waals surface area contributed by atoms with Crippen LogP contribution in [0, 0.1) is 23.2 Å². The molecule has 1 N–H and O–H groups in total. The second-order valence-electron chi connectivity index (χ2n) is 11.5. The summed E-state index contributed by atoms with van der Waals surface area (Å²) in [6.45, 7) is -0.975. The Morgan fingerprint density at radius 1 is 0.923 bits per heavy atom. The number of anilines is 1. The number of Topliss-reactive ketones (excluding diaryl/α,β-unsaturated/α-hetero) is 2. The minimum absolute atomic E-state index is 0.111. The molecule has 4 saturated carbocycles. The number of fused-ring (bicyclic) bond motifs is 1. The van der Waals surface area contributed by atoms with E-state index >= 15 is 0 Å². The van der Waals surface area contributed by atoms with Gasteiger partial charge < -0.3 is 5.32 Å². The number of amides is 1. The highest BCUT2D eigenvalue weighted by molar-refractivity contribution is 7.89. The third-order valence-corrected chi connectivity index (χ3v) is 10.8. The molecular formula is C28H27F3N2O5S. The molecule has 1 unspecified atom stereocenters. The minimum Gasteiger partial charge on any atom is -0.324 e. The summed E-state index contributed by atoms with van der Waals surface area (Å²) in [5, 5.41) is 2.15. The standard InChI is InChI=1S/C28H27F3N2O5S/c29-28(30,31)20-6-2-3-7-21(20)32-23(34)15-33-24(25(35)19-5-1-4-8-22(19)39(33,37)38)26(36)27-12-16-9-17(13-27)11-18(10-16)14-27/h1-8,16-18,24H,9-15H2,(H,32,34). The largest absolute Gasteiger partial charge is 0.418 e. The van der Waals surface area contributed by atoms with Crippen molar-refractivity contribution < 1.29 is 36.0 Å². The van der Waals surface area contributed by atoms with E-state index in [2.05, 4.69) is 5.32 Å². The predicted molar refractivity (Wildman–Crippen MR) is 134 cm³/mol. The van der Waals surface area contributed by atoms with E-state index in [4.69, 9.17) is 0 Å². The molecule has 1 amide bonds. The second-order valence-corrected chi connectivity index (χ2v) is 13.3. The summed E-state index contributed by atoms with van der Waals surface area (Å²) in [5.41, 5.74) is -2.59. The fourth-order valence-corrected chi connectivity index (χ4v) is 9.44. The van der Waals surface area contributed by atoms with E-state index in [0.29, 0.717) is 41.3 Å². The molecule has 0 aromatic heterocycles. The Hall–Kier alpha value is -3.05. The van der Waals surface area contributed by atoms with Gasteiger partial charge in [-0.2, -0.15) is 17.5 Å². The lowest BCUT2D eigenvalue weighted by Crippen LogP contribution is -2.61. The summed E-state index contributed by atoms with van der Waals surface area (Å²) in [6, 6.07) is 8.12. The van der Waals surface area contributed by atoms with Crippen molar-refractivity contribution in [1.82, 2.24) is 4.31 Å². The summed E-state index contributed by atoms with van der Waals surface area (Å²) in [5.74, 6) is -1.24. The molecule has 2 aromatic carbocycles. The number of ketones is 2. The number of carbonyl (C=O) groups is 3. The number of sulfonamides is 1. The van der Waals surface area contributed by atoms with Crippen molar-refractivity contribution >= 4 is 33.2 Å². The molecule has 11 heteroatoms. The second kappa shape index (κ2) is 8.99. The normalized spacial score (nSPS) is 31.1. The predicted octanol–water partition coefficient (Wildman–Crippen LogP) is 4.69. The monoisotopic (exact) mass is 560 g/mol. The summed E-state index contributed by atoms with van der Waals surface area (Å²) in [4.78, 5) is 40.8. The summed E-state index contributed by atoms with van der Waals surface area (Å²) >= 11 is 0. The lowest BCUT2D eigenvalue weighted by Gasteiger charge is -2.57. The molecule has 5 aliphatic rings. The quantitative estimate of drug-likeness (QED) is 0.535. The van der Waals surface area contributed by atoms with Gasteiger partial charge in [-0.1, -0.05) is 24.3 Å². The van der Waals surface area contributed by atoms with Gasteiger partial charge in [0, 0.05) is 11.0 Å². The van der Waals surface area contributed by atoms with Gasteiger partial charge in [0.15, 0.2) is 11.6 Å². The van der Waals surface area contributed by atoms with Crippen LogP contribution >= 0.6 is 0 Å². The number of carbonyl (C=O) groups excluding carboxylic acids is 3. The minimum atomic E-state index is -4.76. The van der Waals surface area contributed by atoms with E-state index in [-0.39, 0.29) is 10.5 Å². The van der Waals surface area contributed by atoms with Crippen LogP contribution in [0.5, 0.6) is 0 Å². The molecule has 1 atom stereocenters. The molecule has 39 heavy (non-hydrogen) atoms. The molecule has 2 aromatic rings. The first-order valence-corrected chi connectivity index (χ1v) is 14.5. The summed E-state index contributed by atoms with van der Waals surface area (Å²) < 4.78 is 68.6. The number of benzene rings is 2. The maximum absolute atomic E-state index is 14.3. The van der Waals surface area contributed by atoms with Crippen LogP contribution in [-0.2, 0) is 25.8 Å². The van der Waals surface area contributed by atoms with Crippen molar-refractivity contribution in [3.63, 3.8) is 0 Å². The molecule has 0 saturated heterocycles. The van der Waals surface area contributed by atoms with Gasteiger partial charge in [0.1, 0.15) is 6.04 Å². The highest BCUT2D eigenvalue weighted by Gasteiger charge is 2.59. The molecule has 4 bridgehead atoms. The molecule has 1 aliphatic heterocycles. The van der Waals surface area contributed by atoms with Crippen LogP contribution in [0.15, 0.2) is 53.4 Å². The Bertz CT molecular complexity index is 1450. The van der Waals surface area contributed by atoms with Crippen molar-refractivity contribution in [3.05, 3.63) is 59.7 Å². The Morgan fingerprint density at radius 2 is 1.49 bits per heavy atom. The highest BCUT2D eigenvalue weighted by atomic mass is 32.2. The van der Waals surface area contributed by atoms with Crippen LogP contribution in [0.4, 0.5) is 18.9 Å². The number of nitrogens with zero attached hydrogens (tertiary/aromatic N) is 1. The van der Waals surface area contributed by atoms with E-state index in [1.54, 1.807) is 0 Å². The highest BCUT2D eigenvalue weighted by Crippen LogP contribution is 2.61. The van der Waals surface area contributed by atoms with Crippen LogP contribution < -0.4 is 5.32 Å². The topological polar surface area (TPSA) is 101 Å². The van der Waals surface area contributed by atoms with Gasteiger partial charge in [-0.25, -0.2) is 8.42 Å². The Morgan fingerprint density at radius 3 is 2.10 bits per heavy atom. The van der Waals surface area contributed by atoms with Crippen molar-refractivity contribution in [1.29, 1.82) is 0 Å². The van der Waals surface area contributed by atoms with Gasteiger partial charge in [-0.05, 0) is 80.5 Å². The third-order valence-electron chi connectivity index (χ3n) is 8.89. The molecule has 4 aliphatic carbocycles. The van der Waals surface area contributed by atoms with Gasteiger partial charge in [0.25, 0.3) is 0 Å². The van der Waals surface area contributed by atoms with Crippen molar-refractivity contribution in [2.24, 2.45) is 23.2 Å². The maximum Gasteiger partial charge on any atom is 0.418 e. The summed E-state index contributed by atoms with van der Waals surface area (Å²) in [6.07, 6.45) is 0.0743. The average molecular weight is 561 g/mol. The van der Waals surface area contributed by atoms with Crippen molar-refractivity contribution in [3.8, 4) is 0 Å². The molecule has 0 radical (unpaired) electrons. The van der Waals surface area contributed by atoms with Gasteiger partial charge in [-0.15, -0.1) is 0 Å². The number of nitrogens with one attached hydrogen (secondary N) is 1. The lowest BCUT2D eigenvalue weighted by atomic mass is 9.48. The van der Waals surface area contributed by atoms with E-state index < -0.39 is 62.9 Å². The van der Waals surface area contributed by atoms with E-state index in [0.717, 1.165) is 31.4 Å². The smallest absolute Gasteiger partial charge is 0.324 e. The molecule has 4 fully saturated rings. The number of rotatable bonds is 5. The fraction of sp³-hybridized carbons (Fsp3) is 0.464. The molecule has 0 spiro atoms. The molecule has 7 rings (SSSR count). The lowest BCUT2D eigenvalue weighted by molar-refractivity contribution is -0.146. The van der Waals surface area contributed by atoms with Crippen LogP contribution in [-0.4, -0.2) is 42.8 Å². The number of para-hydroxylation sites is 1. The van der Waals surface area contributed by atoms with Crippen LogP contribution in [0.2, 0.25) is 0 Å². The first-order valence-electron chi connectivity index (χ1n) is 13.0. The zero-order chi connectivity index (χ0) is 27.7. The first-order chi connectivity index (χ1) is 18.4. The van der Waals surface area contributed by atoms with Gasteiger partial charge in [0.05, 0.1) is 22.7 Å². The van der Waals surface area contributed by atoms with Gasteiger partial charge in [0.2, 0.25) is 15.9 Å². The van der Waals surface area contributed by atoms with Crippen molar-refractivity contribution in [2.75, 3.05) is 11.9 Å². The molecular weight excluding hydrogens is 533 g/mol. The maximum atomic E-state index is 14.3. The van der Waals surface area contributed by atoms with E-state index in [1.807, 2.05) is 0 Å². The van der Waals surface area contributed by atoms with E-state index in [9.17, 15) is 36.0 Å². The van der Waals surface area contributed by atoms with Crippen molar-refractivity contribution in [2.45, 2.75) is 55.6 Å². The number of halogens is 3. The molecule has 1 heterocycles. The Kier molecular flexibility index (Phi) is 6.03. The summed E-state index contributed by atoms with van der Waals surface area (Å²) in [7, 11) is -4.50. The SMILES string of the molecule is O=C(CN1C(C(=O)C23CC4CC(CC(C4)C2)C3)C(=O)c2ccccc2S1(=O)=O)Nc1ccccc1C(F)(F)F. The molecule has 7 nitrogen and oxygen atoms in total. The van der Waals surface area contributed by atoms with Gasteiger partial charge >= 0.3 is 6.18 Å². The van der Waals surface area contributed by atoms with E-state index in [1.165, 1.54) is 36.4 Å². The Balaban J connectivity index is 1.37. The van der Waals surface area contributed by atoms with Gasteiger partial charge in [-0.3, -0.25) is 14.4 Å².